The second-order valence-corrected chi connectivity index (χ2v) is 12.7. The summed E-state index contributed by atoms with van der Waals surface area (Å²) in [6.45, 7) is 0. The lowest BCUT2D eigenvalue weighted by Crippen LogP contribution is -1.97. The maximum atomic E-state index is 5.06. The van der Waals surface area contributed by atoms with Crippen molar-refractivity contribution >= 4 is 43.9 Å². The molecular formula is C46H30N4. The highest BCUT2D eigenvalue weighted by Gasteiger charge is 2.17. The molecule has 0 fully saturated rings. The first-order chi connectivity index (χ1) is 24.8. The molecule has 0 saturated carbocycles. The lowest BCUT2D eigenvalue weighted by Gasteiger charge is -2.12. The molecule has 0 saturated heterocycles. The van der Waals surface area contributed by atoms with Gasteiger partial charge in [-0.1, -0.05) is 121 Å². The summed E-state index contributed by atoms with van der Waals surface area (Å²) in [6, 6.07) is 60.2. The molecule has 6 aromatic carbocycles. The smallest absolute Gasteiger partial charge is 0.145 e. The van der Waals surface area contributed by atoms with E-state index >= 15 is 0 Å². The Balaban J connectivity index is 1.10. The van der Waals surface area contributed by atoms with Crippen LogP contribution in [0.2, 0.25) is 0 Å². The van der Waals surface area contributed by atoms with Crippen LogP contribution in [0.5, 0.6) is 0 Å². The summed E-state index contributed by atoms with van der Waals surface area (Å²) in [6.07, 6.45) is 3.98. The summed E-state index contributed by atoms with van der Waals surface area (Å²) in [5.74, 6) is 0. The first kappa shape index (κ1) is 28.3. The average Bonchev–Trinajstić information content (AvgIpc) is 3.71. The predicted molar refractivity (Wildman–Crippen MR) is 207 cm³/mol. The Morgan fingerprint density at radius 1 is 0.300 bits per heavy atom. The molecule has 0 atom stereocenters. The molecule has 0 radical (unpaired) electrons. The second kappa shape index (κ2) is 11.4. The molecule has 0 amide bonds. The van der Waals surface area contributed by atoms with Gasteiger partial charge in [0.25, 0.3) is 0 Å². The first-order valence-corrected chi connectivity index (χ1v) is 16.9. The molecule has 0 spiro atoms. The Bertz CT molecular complexity index is 2670. The Labute approximate surface area is 289 Å². The highest BCUT2D eigenvalue weighted by atomic mass is 15.1. The standard InChI is InChI=1S/C46H30N4/c1-3-13-31(14-4-1)35-27-41-39-21-7-9-23-43(39)49(45(41)47-29-35)37-19-11-17-33(25-37)34-18-12-20-38(26-34)50-44-24-10-8-22-40(44)42-28-36(30-48-46(42)50)32-15-5-2-6-16-32/h1-30H. The normalized spacial score (nSPS) is 11.6. The van der Waals surface area contributed by atoms with E-state index in [1.165, 1.54) is 10.8 Å². The zero-order valence-corrected chi connectivity index (χ0v) is 27.1. The number of pyridine rings is 2. The van der Waals surface area contributed by atoms with Crippen LogP contribution in [0.1, 0.15) is 0 Å². The minimum absolute atomic E-state index is 0.947. The summed E-state index contributed by atoms with van der Waals surface area (Å²) in [4.78, 5) is 10.1. The molecule has 0 unspecified atom stereocenters. The van der Waals surface area contributed by atoms with Crippen molar-refractivity contribution in [2.24, 2.45) is 0 Å². The zero-order valence-electron chi connectivity index (χ0n) is 27.1. The van der Waals surface area contributed by atoms with Gasteiger partial charge >= 0.3 is 0 Å². The lowest BCUT2D eigenvalue weighted by molar-refractivity contribution is 1.13. The van der Waals surface area contributed by atoms with E-state index in [9.17, 15) is 0 Å². The van der Waals surface area contributed by atoms with E-state index in [4.69, 9.17) is 9.97 Å². The maximum Gasteiger partial charge on any atom is 0.145 e. The third kappa shape index (κ3) is 4.54. The molecule has 0 aliphatic carbocycles. The molecule has 0 aliphatic heterocycles. The van der Waals surface area contributed by atoms with E-state index in [-0.39, 0.29) is 0 Å². The van der Waals surface area contributed by atoms with Crippen LogP contribution in [-0.4, -0.2) is 19.1 Å². The van der Waals surface area contributed by atoms with Crippen molar-refractivity contribution in [3.8, 4) is 44.8 Å². The van der Waals surface area contributed by atoms with Gasteiger partial charge in [0.15, 0.2) is 0 Å². The summed E-state index contributed by atoms with van der Waals surface area (Å²) in [7, 11) is 0. The lowest BCUT2D eigenvalue weighted by atomic mass is 10.0. The molecular weight excluding hydrogens is 609 g/mol. The molecule has 234 valence electrons. The zero-order chi connectivity index (χ0) is 33.0. The van der Waals surface area contributed by atoms with Gasteiger partial charge in [-0.15, -0.1) is 0 Å². The minimum atomic E-state index is 0.947. The molecule has 4 aromatic heterocycles. The maximum absolute atomic E-state index is 5.06. The van der Waals surface area contributed by atoms with Gasteiger partial charge in [0.05, 0.1) is 11.0 Å². The van der Waals surface area contributed by atoms with Gasteiger partial charge in [-0.25, -0.2) is 9.97 Å². The van der Waals surface area contributed by atoms with Crippen molar-refractivity contribution in [3.05, 3.63) is 182 Å². The number of hydrogen-bond donors (Lipinski definition) is 0. The highest BCUT2D eigenvalue weighted by Crippen LogP contribution is 2.37. The topological polar surface area (TPSA) is 35.6 Å². The summed E-state index contributed by atoms with van der Waals surface area (Å²) in [5.41, 5.74) is 13.1. The summed E-state index contributed by atoms with van der Waals surface area (Å²) < 4.78 is 4.57. The van der Waals surface area contributed by atoms with E-state index in [1.807, 2.05) is 24.5 Å². The monoisotopic (exact) mass is 638 g/mol. The number of aromatic nitrogens is 4. The largest absolute Gasteiger partial charge is 0.294 e. The number of para-hydroxylation sites is 2. The van der Waals surface area contributed by atoms with Crippen molar-refractivity contribution in [2.75, 3.05) is 0 Å². The third-order valence-corrected chi connectivity index (χ3v) is 9.78. The van der Waals surface area contributed by atoms with E-state index in [1.54, 1.807) is 0 Å². The van der Waals surface area contributed by atoms with Crippen molar-refractivity contribution in [1.29, 1.82) is 0 Å². The van der Waals surface area contributed by atoms with Gasteiger partial charge in [-0.2, -0.15) is 0 Å². The number of hydrogen-bond acceptors (Lipinski definition) is 2. The van der Waals surface area contributed by atoms with Crippen LogP contribution in [0.25, 0.3) is 88.6 Å². The van der Waals surface area contributed by atoms with Gasteiger partial charge < -0.3 is 0 Å². The van der Waals surface area contributed by atoms with Crippen molar-refractivity contribution in [2.45, 2.75) is 0 Å². The van der Waals surface area contributed by atoms with Gasteiger partial charge in [0.2, 0.25) is 0 Å². The van der Waals surface area contributed by atoms with E-state index in [0.717, 1.165) is 77.9 Å². The van der Waals surface area contributed by atoms with Crippen LogP contribution in [0.3, 0.4) is 0 Å². The number of rotatable bonds is 5. The van der Waals surface area contributed by atoms with Crippen LogP contribution in [0.4, 0.5) is 0 Å². The summed E-state index contributed by atoms with van der Waals surface area (Å²) in [5, 5.41) is 4.66. The third-order valence-electron chi connectivity index (χ3n) is 9.78. The van der Waals surface area contributed by atoms with E-state index < -0.39 is 0 Å². The number of nitrogens with zero attached hydrogens (tertiary/aromatic N) is 4. The molecule has 50 heavy (non-hydrogen) atoms. The minimum Gasteiger partial charge on any atom is -0.294 e. The predicted octanol–water partition coefficient (Wildman–Crippen LogP) is 11.7. The van der Waals surface area contributed by atoms with Gasteiger partial charge in [-0.05, 0) is 70.8 Å². The molecule has 0 aliphatic rings. The molecule has 0 bridgehead atoms. The van der Waals surface area contributed by atoms with Gasteiger partial charge in [0.1, 0.15) is 11.3 Å². The molecule has 4 heterocycles. The average molecular weight is 639 g/mol. The van der Waals surface area contributed by atoms with Crippen LogP contribution >= 0.6 is 0 Å². The van der Waals surface area contributed by atoms with E-state index in [0.29, 0.717) is 0 Å². The first-order valence-electron chi connectivity index (χ1n) is 16.9. The second-order valence-electron chi connectivity index (χ2n) is 12.7. The SMILES string of the molecule is c1ccc(-c2cnc3c(c2)c2ccccc2n3-c2cccc(-c3cccc(-n4c5ccccc5c5cc(-c6ccccc6)cnc54)c3)c2)cc1. The fourth-order valence-electron chi connectivity index (χ4n) is 7.44. The van der Waals surface area contributed by atoms with Crippen LogP contribution in [0, 0.1) is 0 Å². The fraction of sp³-hybridized carbons (Fsp3) is 0. The Hall–Kier alpha value is -6.78. The number of fused-ring (bicyclic) bond motifs is 6. The van der Waals surface area contributed by atoms with Gasteiger partial charge in [0, 0.05) is 56.4 Å². The molecule has 10 aromatic rings. The van der Waals surface area contributed by atoms with Crippen molar-refractivity contribution in [1.82, 2.24) is 19.1 Å². The highest BCUT2D eigenvalue weighted by molar-refractivity contribution is 6.10. The van der Waals surface area contributed by atoms with Crippen molar-refractivity contribution < 1.29 is 0 Å². The molecule has 10 rings (SSSR count). The molecule has 0 N–H and O–H groups in total. The molecule has 4 nitrogen and oxygen atoms in total. The fourth-order valence-corrected chi connectivity index (χ4v) is 7.44. The Morgan fingerprint density at radius 2 is 0.700 bits per heavy atom. The van der Waals surface area contributed by atoms with Crippen LogP contribution < -0.4 is 0 Å². The van der Waals surface area contributed by atoms with Crippen molar-refractivity contribution in [3.63, 3.8) is 0 Å². The van der Waals surface area contributed by atoms with Crippen LogP contribution in [-0.2, 0) is 0 Å². The van der Waals surface area contributed by atoms with Gasteiger partial charge in [-0.3, -0.25) is 9.13 Å². The van der Waals surface area contributed by atoms with Crippen LogP contribution in [0.15, 0.2) is 182 Å². The Kier molecular flexibility index (Phi) is 6.46. The van der Waals surface area contributed by atoms with E-state index in [2.05, 4.69) is 167 Å². The summed E-state index contributed by atoms with van der Waals surface area (Å²) >= 11 is 0. The quantitative estimate of drug-likeness (QED) is 0.188. The molecule has 4 heteroatoms. The number of benzene rings is 6. The Morgan fingerprint density at radius 3 is 1.16 bits per heavy atom.